The number of carbonyl (C=O) groups is 1. The molecule has 0 aliphatic heterocycles. The van der Waals surface area contributed by atoms with E-state index in [4.69, 9.17) is 4.74 Å². The third-order valence-corrected chi connectivity index (χ3v) is 4.01. The van der Waals surface area contributed by atoms with E-state index in [2.05, 4.69) is 43.4 Å². The number of ether oxygens (including phenoxy) is 1. The summed E-state index contributed by atoms with van der Waals surface area (Å²) in [6.45, 7) is 8.11. The van der Waals surface area contributed by atoms with E-state index in [1.807, 2.05) is 36.4 Å². The van der Waals surface area contributed by atoms with Crippen LogP contribution in [0.15, 0.2) is 53.6 Å². The number of hydrogen-bond acceptors (Lipinski definition) is 3. The molecule has 2 rings (SSSR count). The first-order valence-corrected chi connectivity index (χ1v) is 8.68. The predicted molar refractivity (Wildman–Crippen MR) is 102 cm³/mol. The van der Waals surface area contributed by atoms with Crippen molar-refractivity contribution >= 4 is 12.1 Å². The summed E-state index contributed by atoms with van der Waals surface area (Å²) in [4.78, 5) is 12.1. The molecule has 0 aliphatic carbocycles. The minimum atomic E-state index is -0.618. The molecule has 4 nitrogen and oxygen atoms in total. The molecule has 25 heavy (non-hydrogen) atoms. The fraction of sp³-hybridized carbons (Fsp3) is 0.333. The standard InChI is InChI=1S/C21H26N2O2/c1-5-17-8-12-20(13-9-17)25-16(4)21(24)23-22-14-18-6-10-19(11-7-18)15(2)3/h6-16H,5H2,1-4H3,(H,23,24). The van der Waals surface area contributed by atoms with Crippen LogP contribution in [-0.2, 0) is 11.2 Å². The average Bonchev–Trinajstić information content (AvgIpc) is 2.62. The molecule has 1 N–H and O–H groups in total. The van der Waals surface area contributed by atoms with Crippen LogP contribution in [0.1, 0.15) is 50.3 Å². The van der Waals surface area contributed by atoms with Gasteiger partial charge in [-0.1, -0.05) is 57.2 Å². The number of nitrogens with one attached hydrogen (secondary N) is 1. The van der Waals surface area contributed by atoms with Crippen molar-refractivity contribution in [1.82, 2.24) is 5.43 Å². The molecule has 0 aliphatic rings. The van der Waals surface area contributed by atoms with Crippen molar-refractivity contribution < 1.29 is 9.53 Å². The van der Waals surface area contributed by atoms with Crippen LogP contribution in [-0.4, -0.2) is 18.2 Å². The number of amides is 1. The second-order valence-electron chi connectivity index (χ2n) is 6.31. The van der Waals surface area contributed by atoms with Crippen molar-refractivity contribution in [2.75, 3.05) is 0 Å². The van der Waals surface area contributed by atoms with E-state index in [9.17, 15) is 4.79 Å². The van der Waals surface area contributed by atoms with E-state index < -0.39 is 6.10 Å². The van der Waals surface area contributed by atoms with Crippen LogP contribution in [0.5, 0.6) is 5.75 Å². The Balaban J connectivity index is 1.85. The summed E-state index contributed by atoms with van der Waals surface area (Å²) in [5, 5.41) is 4.00. The van der Waals surface area contributed by atoms with Crippen LogP contribution in [0.2, 0.25) is 0 Å². The Labute approximate surface area is 149 Å². The van der Waals surface area contributed by atoms with Gasteiger partial charge >= 0.3 is 0 Å². The lowest BCUT2D eigenvalue weighted by molar-refractivity contribution is -0.127. The van der Waals surface area contributed by atoms with Crippen molar-refractivity contribution in [3.63, 3.8) is 0 Å². The van der Waals surface area contributed by atoms with Crippen molar-refractivity contribution in [1.29, 1.82) is 0 Å². The first-order chi connectivity index (χ1) is 12.0. The van der Waals surface area contributed by atoms with Gasteiger partial charge in [-0.25, -0.2) is 5.43 Å². The molecule has 2 aromatic rings. The largest absolute Gasteiger partial charge is 0.481 e. The van der Waals surface area contributed by atoms with E-state index in [0.29, 0.717) is 11.7 Å². The molecule has 0 bridgehead atoms. The molecule has 132 valence electrons. The number of rotatable bonds is 7. The highest BCUT2D eigenvalue weighted by molar-refractivity contribution is 5.84. The molecular formula is C21H26N2O2. The minimum Gasteiger partial charge on any atom is -0.481 e. The van der Waals surface area contributed by atoms with Gasteiger partial charge in [0.1, 0.15) is 5.75 Å². The van der Waals surface area contributed by atoms with Crippen LogP contribution in [0.25, 0.3) is 0 Å². The van der Waals surface area contributed by atoms with Crippen LogP contribution >= 0.6 is 0 Å². The summed E-state index contributed by atoms with van der Waals surface area (Å²) in [5.74, 6) is 0.887. The number of nitrogens with zero attached hydrogens (tertiary/aromatic N) is 1. The van der Waals surface area contributed by atoms with Crippen LogP contribution < -0.4 is 10.2 Å². The molecule has 0 spiro atoms. The lowest BCUT2D eigenvalue weighted by Crippen LogP contribution is -2.33. The number of hydrogen-bond donors (Lipinski definition) is 1. The van der Waals surface area contributed by atoms with Gasteiger partial charge in [0.05, 0.1) is 6.21 Å². The second kappa shape index (κ2) is 9.02. The van der Waals surface area contributed by atoms with Crippen LogP contribution in [0.3, 0.4) is 0 Å². The third-order valence-electron chi connectivity index (χ3n) is 4.01. The maximum atomic E-state index is 12.1. The molecule has 0 saturated heterocycles. The Bertz CT molecular complexity index is 704. The molecular weight excluding hydrogens is 312 g/mol. The fourth-order valence-corrected chi connectivity index (χ4v) is 2.29. The Hall–Kier alpha value is -2.62. The molecule has 0 saturated carbocycles. The number of aryl methyl sites for hydroxylation is 1. The summed E-state index contributed by atoms with van der Waals surface area (Å²) >= 11 is 0. The lowest BCUT2D eigenvalue weighted by atomic mass is 10.0. The quantitative estimate of drug-likeness (QED) is 0.605. The zero-order valence-electron chi connectivity index (χ0n) is 15.3. The predicted octanol–water partition coefficient (Wildman–Crippen LogP) is 4.29. The highest BCUT2D eigenvalue weighted by Gasteiger charge is 2.13. The smallest absolute Gasteiger partial charge is 0.280 e. The summed E-state index contributed by atoms with van der Waals surface area (Å²) in [6, 6.07) is 15.9. The Morgan fingerprint density at radius 1 is 1.08 bits per heavy atom. The Morgan fingerprint density at radius 2 is 1.72 bits per heavy atom. The zero-order chi connectivity index (χ0) is 18.2. The van der Waals surface area contributed by atoms with Crippen LogP contribution in [0.4, 0.5) is 0 Å². The van der Waals surface area contributed by atoms with Gasteiger partial charge in [-0.3, -0.25) is 4.79 Å². The molecule has 1 atom stereocenters. The summed E-state index contributed by atoms with van der Waals surface area (Å²) in [5.41, 5.74) is 5.96. The van der Waals surface area contributed by atoms with Gasteiger partial charge in [0, 0.05) is 0 Å². The molecule has 2 aromatic carbocycles. The molecule has 1 unspecified atom stereocenters. The summed E-state index contributed by atoms with van der Waals surface area (Å²) < 4.78 is 5.63. The van der Waals surface area contributed by atoms with Crippen molar-refractivity contribution in [3.05, 3.63) is 65.2 Å². The maximum absolute atomic E-state index is 12.1. The number of benzene rings is 2. The molecule has 0 aromatic heterocycles. The highest BCUT2D eigenvalue weighted by Crippen LogP contribution is 2.15. The van der Waals surface area contributed by atoms with Gasteiger partial charge in [0.25, 0.3) is 5.91 Å². The molecule has 0 fully saturated rings. The van der Waals surface area contributed by atoms with E-state index in [1.54, 1.807) is 13.1 Å². The van der Waals surface area contributed by atoms with Gasteiger partial charge in [0.2, 0.25) is 0 Å². The zero-order valence-corrected chi connectivity index (χ0v) is 15.3. The number of hydrazone groups is 1. The van der Waals surface area contributed by atoms with E-state index in [0.717, 1.165) is 12.0 Å². The Kier molecular flexibility index (Phi) is 6.75. The SMILES string of the molecule is CCc1ccc(OC(C)C(=O)NN=Cc2ccc(C(C)C)cc2)cc1. The van der Waals surface area contributed by atoms with E-state index >= 15 is 0 Å². The van der Waals surface area contributed by atoms with Crippen LogP contribution in [0, 0.1) is 0 Å². The average molecular weight is 338 g/mol. The normalized spacial score (nSPS) is 12.4. The van der Waals surface area contributed by atoms with Crippen molar-refractivity contribution in [3.8, 4) is 5.75 Å². The van der Waals surface area contributed by atoms with Crippen molar-refractivity contribution in [2.24, 2.45) is 5.10 Å². The van der Waals surface area contributed by atoms with Gasteiger partial charge in [0.15, 0.2) is 6.10 Å². The van der Waals surface area contributed by atoms with Gasteiger partial charge in [-0.05, 0) is 48.1 Å². The Morgan fingerprint density at radius 3 is 2.28 bits per heavy atom. The number of carbonyl (C=O) groups excluding carboxylic acids is 1. The fourth-order valence-electron chi connectivity index (χ4n) is 2.29. The molecule has 4 heteroatoms. The highest BCUT2D eigenvalue weighted by atomic mass is 16.5. The van der Waals surface area contributed by atoms with E-state index in [-0.39, 0.29) is 5.91 Å². The second-order valence-corrected chi connectivity index (χ2v) is 6.31. The molecule has 0 radical (unpaired) electrons. The van der Waals surface area contributed by atoms with Crippen molar-refractivity contribution in [2.45, 2.75) is 46.1 Å². The van der Waals surface area contributed by atoms with Gasteiger partial charge in [-0.15, -0.1) is 0 Å². The topological polar surface area (TPSA) is 50.7 Å². The lowest BCUT2D eigenvalue weighted by Gasteiger charge is -2.13. The monoisotopic (exact) mass is 338 g/mol. The van der Waals surface area contributed by atoms with Gasteiger partial charge in [-0.2, -0.15) is 5.10 Å². The molecule has 1 amide bonds. The van der Waals surface area contributed by atoms with E-state index in [1.165, 1.54) is 11.1 Å². The first kappa shape index (κ1) is 18.7. The summed E-state index contributed by atoms with van der Waals surface area (Å²) in [6.07, 6.45) is 1.99. The first-order valence-electron chi connectivity index (χ1n) is 8.68. The minimum absolute atomic E-state index is 0.283. The van der Waals surface area contributed by atoms with Gasteiger partial charge < -0.3 is 4.74 Å². The third kappa shape index (κ3) is 5.75. The maximum Gasteiger partial charge on any atom is 0.280 e. The summed E-state index contributed by atoms with van der Waals surface area (Å²) in [7, 11) is 0. The molecule has 0 heterocycles.